The van der Waals surface area contributed by atoms with Crippen LogP contribution in [0.4, 0.5) is 5.13 Å². The minimum absolute atomic E-state index is 0.626. The normalized spacial score (nSPS) is 11.5. The van der Waals surface area contributed by atoms with Gasteiger partial charge in [0.2, 0.25) is 0 Å². The van der Waals surface area contributed by atoms with Crippen molar-refractivity contribution < 1.29 is 0 Å². The van der Waals surface area contributed by atoms with Gasteiger partial charge in [0, 0.05) is 6.54 Å². The molecule has 0 atom stereocenters. The molecule has 0 unspecified atom stereocenters. The summed E-state index contributed by atoms with van der Waals surface area (Å²) >= 11 is 1.52. The molecular formula is C11H13N3S. The van der Waals surface area contributed by atoms with Crippen molar-refractivity contribution in [1.82, 2.24) is 10.3 Å². The maximum Gasteiger partial charge on any atom is 0.181 e. The quantitative estimate of drug-likeness (QED) is 0.831. The van der Waals surface area contributed by atoms with Gasteiger partial charge in [0.1, 0.15) is 0 Å². The lowest BCUT2D eigenvalue weighted by Crippen LogP contribution is -2.03. The van der Waals surface area contributed by atoms with Gasteiger partial charge in [0.05, 0.1) is 10.2 Å². The van der Waals surface area contributed by atoms with Gasteiger partial charge >= 0.3 is 0 Å². The first-order valence-corrected chi connectivity index (χ1v) is 5.58. The van der Waals surface area contributed by atoms with Crippen LogP contribution in [0.2, 0.25) is 0 Å². The third-order valence-electron chi connectivity index (χ3n) is 2.06. The molecule has 3 N–H and O–H groups in total. The Kier molecular flexibility index (Phi) is 2.99. The minimum Gasteiger partial charge on any atom is -0.375 e. The number of fused-ring (bicyclic) bond motifs is 1. The van der Waals surface area contributed by atoms with Gasteiger partial charge < -0.3 is 11.1 Å². The number of hydrogen-bond donors (Lipinski definition) is 2. The molecule has 0 saturated heterocycles. The number of nitrogen functional groups attached to an aromatic ring is 1. The van der Waals surface area contributed by atoms with E-state index in [1.807, 2.05) is 19.2 Å². The molecule has 15 heavy (non-hydrogen) atoms. The fraction of sp³-hybridized carbons (Fsp3) is 0.182. The molecule has 4 heteroatoms. The maximum absolute atomic E-state index is 5.64. The molecular weight excluding hydrogens is 206 g/mol. The molecule has 2 aromatic rings. The average molecular weight is 219 g/mol. The van der Waals surface area contributed by atoms with Gasteiger partial charge in [-0.05, 0) is 24.7 Å². The fourth-order valence-electron chi connectivity index (χ4n) is 1.38. The highest BCUT2D eigenvalue weighted by atomic mass is 32.1. The zero-order valence-corrected chi connectivity index (χ0v) is 9.34. The predicted molar refractivity (Wildman–Crippen MR) is 67.0 cm³/mol. The molecule has 0 fully saturated rings. The summed E-state index contributed by atoms with van der Waals surface area (Å²) in [7, 11) is 1.93. The van der Waals surface area contributed by atoms with Gasteiger partial charge in [-0.3, -0.25) is 0 Å². The van der Waals surface area contributed by atoms with E-state index < -0.39 is 0 Å². The average Bonchev–Trinajstić information content (AvgIpc) is 2.57. The van der Waals surface area contributed by atoms with E-state index in [0.29, 0.717) is 5.13 Å². The molecule has 0 aliphatic heterocycles. The molecule has 0 aliphatic carbocycles. The molecule has 1 heterocycles. The van der Waals surface area contributed by atoms with Crippen molar-refractivity contribution in [2.45, 2.75) is 0 Å². The number of aromatic nitrogens is 1. The van der Waals surface area contributed by atoms with E-state index in [1.165, 1.54) is 16.9 Å². The Morgan fingerprint density at radius 3 is 3.20 bits per heavy atom. The number of anilines is 1. The summed E-state index contributed by atoms with van der Waals surface area (Å²) in [6.07, 6.45) is 4.18. The van der Waals surface area contributed by atoms with E-state index in [9.17, 15) is 0 Å². The highest BCUT2D eigenvalue weighted by Gasteiger charge is 1.99. The van der Waals surface area contributed by atoms with E-state index in [2.05, 4.69) is 28.5 Å². The summed E-state index contributed by atoms with van der Waals surface area (Å²) in [6, 6.07) is 6.16. The minimum atomic E-state index is 0.626. The van der Waals surface area contributed by atoms with Crippen molar-refractivity contribution in [1.29, 1.82) is 0 Å². The Bertz CT molecular complexity index is 488. The summed E-state index contributed by atoms with van der Waals surface area (Å²) in [4.78, 5) is 4.21. The van der Waals surface area contributed by atoms with Crippen LogP contribution >= 0.6 is 11.3 Å². The molecule has 78 valence electrons. The zero-order valence-electron chi connectivity index (χ0n) is 8.53. The van der Waals surface area contributed by atoms with Crippen LogP contribution in [0.3, 0.4) is 0 Å². The number of rotatable bonds is 3. The third kappa shape index (κ3) is 2.34. The highest BCUT2D eigenvalue weighted by molar-refractivity contribution is 7.22. The Hall–Kier alpha value is -1.39. The first-order chi connectivity index (χ1) is 7.29. The first kappa shape index (κ1) is 10.1. The number of hydrogen-bond acceptors (Lipinski definition) is 4. The maximum atomic E-state index is 5.64. The van der Waals surface area contributed by atoms with Crippen molar-refractivity contribution in [3.05, 3.63) is 29.8 Å². The fourth-order valence-corrected chi connectivity index (χ4v) is 2.16. The molecule has 1 aromatic heterocycles. The Labute approximate surface area is 92.6 Å². The molecule has 0 amide bonds. The Morgan fingerprint density at radius 1 is 1.53 bits per heavy atom. The van der Waals surface area contributed by atoms with Crippen LogP contribution in [-0.4, -0.2) is 18.6 Å². The first-order valence-electron chi connectivity index (χ1n) is 4.77. The lowest BCUT2D eigenvalue weighted by Gasteiger charge is -1.93. The van der Waals surface area contributed by atoms with Crippen molar-refractivity contribution in [3.63, 3.8) is 0 Å². The molecule has 1 aromatic carbocycles. The van der Waals surface area contributed by atoms with Crippen molar-refractivity contribution in [2.75, 3.05) is 19.3 Å². The van der Waals surface area contributed by atoms with Crippen molar-refractivity contribution in [3.8, 4) is 0 Å². The summed E-state index contributed by atoms with van der Waals surface area (Å²) in [5.41, 5.74) is 7.80. The summed E-state index contributed by atoms with van der Waals surface area (Å²) < 4.78 is 1.14. The van der Waals surface area contributed by atoms with E-state index in [4.69, 9.17) is 5.73 Å². The van der Waals surface area contributed by atoms with Crippen LogP contribution in [0.1, 0.15) is 5.56 Å². The second-order valence-corrected chi connectivity index (χ2v) is 4.30. The number of benzene rings is 1. The second-order valence-electron chi connectivity index (χ2n) is 3.24. The number of nitrogens with one attached hydrogen (secondary N) is 1. The smallest absolute Gasteiger partial charge is 0.181 e. The van der Waals surface area contributed by atoms with Gasteiger partial charge in [0.15, 0.2) is 5.13 Å². The molecule has 3 nitrogen and oxygen atoms in total. The topological polar surface area (TPSA) is 50.9 Å². The second kappa shape index (κ2) is 4.42. The van der Waals surface area contributed by atoms with Crippen LogP contribution in [0.25, 0.3) is 16.3 Å². The van der Waals surface area contributed by atoms with Gasteiger partial charge in [-0.15, -0.1) is 0 Å². The predicted octanol–water partition coefficient (Wildman–Crippen LogP) is 2.11. The van der Waals surface area contributed by atoms with Crippen LogP contribution in [0, 0.1) is 0 Å². The van der Waals surface area contributed by atoms with E-state index in [-0.39, 0.29) is 0 Å². The van der Waals surface area contributed by atoms with Gasteiger partial charge in [-0.1, -0.05) is 29.6 Å². The standard InChI is InChI=1S/C11H13N3S/c1-13-6-2-3-8-4-5-9-10(7-8)15-11(12)14-9/h2-5,7,13H,6H2,1H3,(H2,12,14). The Morgan fingerprint density at radius 2 is 2.40 bits per heavy atom. The monoisotopic (exact) mass is 219 g/mol. The van der Waals surface area contributed by atoms with E-state index >= 15 is 0 Å². The number of thiazole rings is 1. The van der Waals surface area contributed by atoms with Crippen LogP contribution in [0.15, 0.2) is 24.3 Å². The van der Waals surface area contributed by atoms with Gasteiger partial charge in [0.25, 0.3) is 0 Å². The summed E-state index contributed by atoms with van der Waals surface area (Å²) in [5.74, 6) is 0. The lowest BCUT2D eigenvalue weighted by molar-refractivity contribution is 0.922. The number of nitrogens with two attached hydrogens (primary N) is 1. The lowest BCUT2D eigenvalue weighted by atomic mass is 10.2. The molecule has 0 aliphatic rings. The van der Waals surface area contributed by atoms with Gasteiger partial charge in [-0.25, -0.2) is 4.98 Å². The summed E-state index contributed by atoms with van der Waals surface area (Å²) in [5, 5.41) is 3.69. The highest BCUT2D eigenvalue weighted by Crippen LogP contribution is 2.24. The Balaban J connectivity index is 2.30. The van der Waals surface area contributed by atoms with E-state index in [0.717, 1.165) is 16.8 Å². The zero-order chi connectivity index (χ0) is 10.7. The van der Waals surface area contributed by atoms with Crippen LogP contribution in [0.5, 0.6) is 0 Å². The largest absolute Gasteiger partial charge is 0.375 e. The van der Waals surface area contributed by atoms with Crippen molar-refractivity contribution in [2.24, 2.45) is 0 Å². The molecule has 0 spiro atoms. The molecule has 0 bridgehead atoms. The molecule has 0 radical (unpaired) electrons. The summed E-state index contributed by atoms with van der Waals surface area (Å²) in [6.45, 7) is 0.878. The van der Waals surface area contributed by atoms with E-state index in [1.54, 1.807) is 0 Å². The molecule has 0 saturated carbocycles. The number of likely N-dealkylation sites (N-methyl/N-ethyl adjacent to an activating group) is 1. The molecule has 2 rings (SSSR count). The third-order valence-corrected chi connectivity index (χ3v) is 2.91. The van der Waals surface area contributed by atoms with Crippen LogP contribution in [-0.2, 0) is 0 Å². The van der Waals surface area contributed by atoms with Crippen LogP contribution < -0.4 is 11.1 Å². The van der Waals surface area contributed by atoms with Gasteiger partial charge in [-0.2, -0.15) is 0 Å². The SMILES string of the molecule is CNCC=Cc1ccc2nc(N)sc2c1. The number of nitrogens with zero attached hydrogens (tertiary/aromatic N) is 1. The van der Waals surface area contributed by atoms with Crippen molar-refractivity contribution >= 4 is 32.8 Å².